The minimum atomic E-state index is -0.176. The van der Waals surface area contributed by atoms with Crippen LogP contribution in [0.3, 0.4) is 0 Å². The van der Waals surface area contributed by atoms with E-state index >= 15 is 0 Å². The van der Waals surface area contributed by atoms with E-state index in [1.807, 2.05) is 12.1 Å². The second-order valence-electron chi connectivity index (χ2n) is 3.52. The standard InChI is InChI=1S/C12H11ClFNS/c1-8-6-9(2-4-11(8)14)15-7-10-3-5-12(13)16-10/h2-6,15H,7H2,1H3. The molecule has 2 aromatic rings. The van der Waals surface area contributed by atoms with E-state index in [0.717, 1.165) is 14.9 Å². The molecule has 0 amide bonds. The van der Waals surface area contributed by atoms with Crippen LogP contribution in [-0.4, -0.2) is 0 Å². The number of hydrogen-bond donors (Lipinski definition) is 1. The fourth-order valence-electron chi connectivity index (χ4n) is 1.39. The molecule has 4 heteroatoms. The number of thiophene rings is 1. The van der Waals surface area contributed by atoms with Gasteiger partial charge in [0.2, 0.25) is 0 Å². The molecule has 0 fully saturated rings. The molecule has 1 N–H and O–H groups in total. The summed E-state index contributed by atoms with van der Waals surface area (Å²) in [6, 6.07) is 8.86. The molecule has 1 nitrogen and oxygen atoms in total. The van der Waals surface area contributed by atoms with Gasteiger partial charge in [0.15, 0.2) is 0 Å². The Labute approximate surface area is 103 Å². The van der Waals surface area contributed by atoms with Crippen molar-refractivity contribution in [3.8, 4) is 0 Å². The van der Waals surface area contributed by atoms with Crippen LogP contribution in [0.4, 0.5) is 10.1 Å². The third-order valence-electron chi connectivity index (χ3n) is 2.25. The smallest absolute Gasteiger partial charge is 0.126 e. The summed E-state index contributed by atoms with van der Waals surface area (Å²) in [5.41, 5.74) is 1.57. The van der Waals surface area contributed by atoms with Gasteiger partial charge in [0, 0.05) is 17.1 Å². The summed E-state index contributed by atoms with van der Waals surface area (Å²) in [6.45, 7) is 2.46. The van der Waals surface area contributed by atoms with Crippen molar-refractivity contribution in [1.29, 1.82) is 0 Å². The number of hydrogen-bond acceptors (Lipinski definition) is 2. The highest BCUT2D eigenvalue weighted by Gasteiger charge is 2.00. The molecule has 0 atom stereocenters. The molecule has 2 rings (SSSR count). The predicted molar refractivity (Wildman–Crippen MR) is 67.8 cm³/mol. The van der Waals surface area contributed by atoms with E-state index in [-0.39, 0.29) is 5.82 Å². The zero-order valence-electron chi connectivity index (χ0n) is 8.76. The molecule has 16 heavy (non-hydrogen) atoms. The molecule has 1 aromatic heterocycles. The Morgan fingerprint density at radius 2 is 2.12 bits per heavy atom. The molecule has 0 spiro atoms. The average molecular weight is 256 g/mol. The molecule has 0 saturated carbocycles. The van der Waals surface area contributed by atoms with Crippen LogP contribution in [0.15, 0.2) is 30.3 Å². The SMILES string of the molecule is Cc1cc(NCc2ccc(Cl)s2)ccc1F. The van der Waals surface area contributed by atoms with Gasteiger partial charge in [0.05, 0.1) is 4.34 Å². The highest BCUT2D eigenvalue weighted by Crippen LogP contribution is 2.22. The van der Waals surface area contributed by atoms with Gasteiger partial charge in [-0.1, -0.05) is 11.6 Å². The van der Waals surface area contributed by atoms with E-state index in [4.69, 9.17) is 11.6 Å². The van der Waals surface area contributed by atoms with Gasteiger partial charge in [-0.15, -0.1) is 11.3 Å². The van der Waals surface area contributed by atoms with E-state index in [2.05, 4.69) is 5.32 Å². The van der Waals surface area contributed by atoms with E-state index in [0.29, 0.717) is 12.1 Å². The summed E-state index contributed by atoms with van der Waals surface area (Å²) < 4.78 is 13.8. The van der Waals surface area contributed by atoms with Gasteiger partial charge in [0.1, 0.15) is 5.82 Å². The molecular formula is C12H11ClFNS. The van der Waals surface area contributed by atoms with Gasteiger partial charge in [0.25, 0.3) is 0 Å². The van der Waals surface area contributed by atoms with Crippen molar-refractivity contribution in [1.82, 2.24) is 0 Å². The zero-order valence-corrected chi connectivity index (χ0v) is 10.3. The van der Waals surface area contributed by atoms with Crippen molar-refractivity contribution in [2.24, 2.45) is 0 Å². The maximum atomic E-state index is 13.0. The van der Waals surface area contributed by atoms with Gasteiger partial charge in [-0.05, 0) is 42.8 Å². The first-order valence-electron chi connectivity index (χ1n) is 4.89. The Kier molecular flexibility index (Phi) is 3.46. The monoisotopic (exact) mass is 255 g/mol. The Balaban J connectivity index is 2.02. The number of aryl methyl sites for hydroxylation is 1. The zero-order chi connectivity index (χ0) is 11.5. The number of benzene rings is 1. The third-order valence-corrected chi connectivity index (χ3v) is 3.48. The van der Waals surface area contributed by atoms with Crippen molar-refractivity contribution in [2.45, 2.75) is 13.5 Å². The van der Waals surface area contributed by atoms with Crippen molar-refractivity contribution in [3.63, 3.8) is 0 Å². The molecule has 0 aliphatic carbocycles. The van der Waals surface area contributed by atoms with Gasteiger partial charge in [-0.2, -0.15) is 0 Å². The van der Waals surface area contributed by atoms with Crippen LogP contribution in [0.2, 0.25) is 4.34 Å². The molecule has 1 aromatic carbocycles. The van der Waals surface area contributed by atoms with E-state index in [1.54, 1.807) is 30.4 Å². The summed E-state index contributed by atoms with van der Waals surface area (Å²) in [5, 5.41) is 3.23. The molecule has 0 saturated heterocycles. The van der Waals surface area contributed by atoms with E-state index < -0.39 is 0 Å². The van der Waals surface area contributed by atoms with Crippen molar-refractivity contribution >= 4 is 28.6 Å². The lowest BCUT2D eigenvalue weighted by molar-refractivity contribution is 0.618. The van der Waals surface area contributed by atoms with E-state index in [1.165, 1.54) is 6.07 Å². The number of nitrogens with one attached hydrogen (secondary N) is 1. The quantitative estimate of drug-likeness (QED) is 0.854. The van der Waals surface area contributed by atoms with Crippen LogP contribution in [0.1, 0.15) is 10.4 Å². The topological polar surface area (TPSA) is 12.0 Å². The highest BCUT2D eigenvalue weighted by molar-refractivity contribution is 7.16. The Bertz CT molecular complexity index is 496. The van der Waals surface area contributed by atoms with Crippen molar-refractivity contribution in [2.75, 3.05) is 5.32 Å². The van der Waals surface area contributed by atoms with Gasteiger partial charge in [-0.25, -0.2) is 4.39 Å². The highest BCUT2D eigenvalue weighted by atomic mass is 35.5. The molecule has 0 radical (unpaired) electrons. The summed E-state index contributed by atoms with van der Waals surface area (Å²) >= 11 is 7.37. The maximum absolute atomic E-state index is 13.0. The lowest BCUT2D eigenvalue weighted by atomic mass is 10.2. The first-order valence-corrected chi connectivity index (χ1v) is 6.09. The van der Waals surface area contributed by atoms with Gasteiger partial charge >= 0.3 is 0 Å². The summed E-state index contributed by atoms with van der Waals surface area (Å²) in [5.74, 6) is -0.176. The second kappa shape index (κ2) is 4.85. The Morgan fingerprint density at radius 3 is 2.75 bits per heavy atom. The normalized spacial score (nSPS) is 10.4. The fraction of sp³-hybridized carbons (Fsp3) is 0.167. The van der Waals surface area contributed by atoms with Crippen LogP contribution in [-0.2, 0) is 6.54 Å². The Morgan fingerprint density at radius 1 is 1.31 bits per heavy atom. The summed E-state index contributed by atoms with van der Waals surface area (Å²) in [6.07, 6.45) is 0. The Hall–Kier alpha value is -1.06. The van der Waals surface area contributed by atoms with Crippen LogP contribution in [0.25, 0.3) is 0 Å². The molecule has 0 bridgehead atoms. The maximum Gasteiger partial charge on any atom is 0.126 e. The molecule has 0 aliphatic heterocycles. The van der Waals surface area contributed by atoms with Gasteiger partial charge < -0.3 is 5.32 Å². The van der Waals surface area contributed by atoms with Crippen LogP contribution < -0.4 is 5.32 Å². The first kappa shape index (κ1) is 11.4. The van der Waals surface area contributed by atoms with Crippen LogP contribution in [0.5, 0.6) is 0 Å². The average Bonchev–Trinajstić information content (AvgIpc) is 2.66. The fourth-order valence-corrected chi connectivity index (χ4v) is 2.42. The van der Waals surface area contributed by atoms with Crippen LogP contribution >= 0.6 is 22.9 Å². The lowest BCUT2D eigenvalue weighted by Gasteiger charge is -2.06. The van der Waals surface area contributed by atoms with Gasteiger partial charge in [-0.3, -0.25) is 0 Å². The first-order chi connectivity index (χ1) is 7.65. The van der Waals surface area contributed by atoms with E-state index in [9.17, 15) is 4.39 Å². The van der Waals surface area contributed by atoms with Crippen LogP contribution in [0, 0.1) is 12.7 Å². The largest absolute Gasteiger partial charge is 0.380 e. The predicted octanol–water partition coefficient (Wildman–Crippen LogP) is 4.46. The minimum absolute atomic E-state index is 0.176. The number of anilines is 1. The third kappa shape index (κ3) is 2.74. The molecule has 1 heterocycles. The number of rotatable bonds is 3. The van der Waals surface area contributed by atoms with Crippen molar-refractivity contribution < 1.29 is 4.39 Å². The lowest BCUT2D eigenvalue weighted by Crippen LogP contribution is -1.98. The minimum Gasteiger partial charge on any atom is -0.380 e. The molecule has 0 unspecified atom stereocenters. The summed E-state index contributed by atoms with van der Waals surface area (Å²) in [7, 11) is 0. The molecule has 0 aliphatic rings. The summed E-state index contributed by atoms with van der Waals surface area (Å²) in [4.78, 5) is 1.16. The molecule has 84 valence electrons. The molecular weight excluding hydrogens is 245 g/mol. The van der Waals surface area contributed by atoms with Crippen molar-refractivity contribution in [3.05, 3.63) is 50.9 Å². The number of halogens is 2. The second-order valence-corrected chi connectivity index (χ2v) is 5.32.